The Morgan fingerprint density at radius 1 is 0.938 bits per heavy atom. The third-order valence-electron chi connectivity index (χ3n) is 1.88. The Morgan fingerprint density at radius 3 is 1.94 bits per heavy atom. The molecule has 16 heavy (non-hydrogen) atoms. The fraction of sp³-hybridized carbons (Fsp3) is 0.917. The number of hydrogen-bond donors (Lipinski definition) is 0. The van der Waals surface area contributed by atoms with Gasteiger partial charge in [-0.25, -0.2) is 4.79 Å². The van der Waals surface area contributed by atoms with Crippen molar-refractivity contribution in [1.29, 1.82) is 0 Å². The van der Waals surface area contributed by atoms with Crippen molar-refractivity contribution in [2.75, 3.05) is 19.8 Å². The van der Waals surface area contributed by atoms with Gasteiger partial charge in [-0.05, 0) is 19.3 Å². The molecule has 0 saturated heterocycles. The molecule has 0 fully saturated rings. The van der Waals surface area contributed by atoms with E-state index < -0.39 is 12.3 Å². The van der Waals surface area contributed by atoms with Gasteiger partial charge in [0.05, 0.1) is 19.8 Å². The van der Waals surface area contributed by atoms with Crippen molar-refractivity contribution in [1.82, 2.24) is 0 Å². The van der Waals surface area contributed by atoms with Crippen LogP contribution in [0.1, 0.15) is 46.5 Å². The number of rotatable bonds is 10. The Morgan fingerprint density at radius 2 is 1.50 bits per heavy atom. The van der Waals surface area contributed by atoms with Gasteiger partial charge in [0.2, 0.25) is 0 Å². The average Bonchev–Trinajstić information content (AvgIpc) is 2.29. The van der Waals surface area contributed by atoms with Crippen molar-refractivity contribution in [3.63, 3.8) is 0 Å². The largest absolute Gasteiger partial charge is 0.462 e. The van der Waals surface area contributed by atoms with Crippen LogP contribution in [0.15, 0.2) is 0 Å². The van der Waals surface area contributed by atoms with Gasteiger partial charge < -0.3 is 14.2 Å². The van der Waals surface area contributed by atoms with E-state index in [1.807, 2.05) is 20.8 Å². The van der Waals surface area contributed by atoms with Crippen LogP contribution in [0.5, 0.6) is 0 Å². The summed E-state index contributed by atoms with van der Waals surface area (Å²) in [4.78, 5) is 11.6. The van der Waals surface area contributed by atoms with Crippen molar-refractivity contribution < 1.29 is 19.0 Å². The van der Waals surface area contributed by atoms with E-state index in [2.05, 4.69) is 0 Å². The van der Waals surface area contributed by atoms with Crippen molar-refractivity contribution in [2.45, 2.75) is 52.7 Å². The Balaban J connectivity index is 3.88. The minimum atomic E-state index is -0.850. The number of ether oxygens (including phenoxy) is 3. The number of carbonyl (C=O) groups excluding carboxylic acids is 1. The second-order valence-corrected chi connectivity index (χ2v) is 3.59. The molecule has 0 aliphatic rings. The lowest BCUT2D eigenvalue weighted by Gasteiger charge is -2.16. The predicted molar refractivity (Wildman–Crippen MR) is 62.1 cm³/mol. The molecule has 4 heteroatoms. The second-order valence-electron chi connectivity index (χ2n) is 3.59. The fourth-order valence-electron chi connectivity index (χ4n) is 1.02. The quantitative estimate of drug-likeness (QED) is 0.330. The first-order valence-electron chi connectivity index (χ1n) is 6.16. The lowest BCUT2D eigenvalue weighted by atomic mass is 10.4. The van der Waals surface area contributed by atoms with Crippen molar-refractivity contribution in [3.8, 4) is 0 Å². The Bertz CT molecular complexity index is 162. The van der Waals surface area contributed by atoms with Gasteiger partial charge in [0.25, 0.3) is 6.29 Å². The van der Waals surface area contributed by atoms with Gasteiger partial charge in [-0.3, -0.25) is 0 Å². The average molecular weight is 232 g/mol. The first-order chi connectivity index (χ1) is 7.76. The van der Waals surface area contributed by atoms with Crippen molar-refractivity contribution in [3.05, 3.63) is 0 Å². The molecule has 0 radical (unpaired) electrons. The van der Waals surface area contributed by atoms with Crippen LogP contribution in [0.25, 0.3) is 0 Å². The molecule has 0 rings (SSSR count). The molecule has 0 atom stereocenters. The highest BCUT2D eigenvalue weighted by Gasteiger charge is 2.20. The van der Waals surface area contributed by atoms with E-state index in [0.29, 0.717) is 19.8 Å². The molecule has 0 aliphatic heterocycles. The maximum atomic E-state index is 11.6. The van der Waals surface area contributed by atoms with Crippen LogP contribution in [0, 0.1) is 0 Å². The molecule has 0 amide bonds. The zero-order valence-electron chi connectivity index (χ0n) is 10.7. The van der Waals surface area contributed by atoms with Gasteiger partial charge in [-0.2, -0.15) is 0 Å². The Hall–Kier alpha value is -0.610. The van der Waals surface area contributed by atoms with E-state index >= 15 is 0 Å². The maximum absolute atomic E-state index is 11.6. The molecule has 4 nitrogen and oxygen atoms in total. The summed E-state index contributed by atoms with van der Waals surface area (Å²) in [6.07, 6.45) is 2.74. The van der Waals surface area contributed by atoms with E-state index in [4.69, 9.17) is 14.2 Å². The van der Waals surface area contributed by atoms with Gasteiger partial charge in [0.1, 0.15) is 0 Å². The molecule has 0 spiro atoms. The topological polar surface area (TPSA) is 44.8 Å². The highest BCUT2D eigenvalue weighted by Crippen LogP contribution is 2.02. The zero-order valence-corrected chi connectivity index (χ0v) is 10.7. The molecule has 0 aromatic heterocycles. The van der Waals surface area contributed by atoms with Crippen LogP contribution in [0.2, 0.25) is 0 Å². The summed E-state index contributed by atoms with van der Waals surface area (Å²) in [6.45, 7) is 7.48. The molecular formula is C12H24O4. The SMILES string of the molecule is CCCCOC(=O)C(OCCC)OCCC. The number of hydrogen-bond acceptors (Lipinski definition) is 4. The lowest BCUT2D eigenvalue weighted by molar-refractivity contribution is -0.195. The molecule has 0 aromatic rings. The minimum absolute atomic E-state index is 0.407. The summed E-state index contributed by atoms with van der Waals surface area (Å²) in [7, 11) is 0. The van der Waals surface area contributed by atoms with Crippen LogP contribution >= 0.6 is 0 Å². The highest BCUT2D eigenvalue weighted by molar-refractivity contribution is 5.73. The third-order valence-corrected chi connectivity index (χ3v) is 1.88. The van der Waals surface area contributed by atoms with E-state index in [-0.39, 0.29) is 0 Å². The predicted octanol–water partition coefficient (Wildman–Crippen LogP) is 2.51. The van der Waals surface area contributed by atoms with Crippen LogP contribution in [-0.4, -0.2) is 32.1 Å². The number of carbonyl (C=O) groups is 1. The van der Waals surface area contributed by atoms with Gasteiger partial charge in [0.15, 0.2) is 0 Å². The summed E-state index contributed by atoms with van der Waals surface area (Å²) >= 11 is 0. The number of esters is 1. The van der Waals surface area contributed by atoms with Crippen LogP contribution in [0.4, 0.5) is 0 Å². The molecule has 0 N–H and O–H groups in total. The standard InChI is InChI=1S/C12H24O4/c1-4-7-10-14-11(13)12(15-8-5-2)16-9-6-3/h12H,4-10H2,1-3H3. The fourth-order valence-corrected chi connectivity index (χ4v) is 1.02. The van der Waals surface area contributed by atoms with Gasteiger partial charge in [-0.1, -0.05) is 27.2 Å². The van der Waals surface area contributed by atoms with Crippen LogP contribution in [0.3, 0.4) is 0 Å². The van der Waals surface area contributed by atoms with E-state index in [1.54, 1.807) is 0 Å². The Labute approximate surface area is 98.3 Å². The van der Waals surface area contributed by atoms with E-state index in [0.717, 1.165) is 25.7 Å². The lowest BCUT2D eigenvalue weighted by Crippen LogP contribution is -2.30. The highest BCUT2D eigenvalue weighted by atomic mass is 16.7. The molecule has 0 heterocycles. The monoisotopic (exact) mass is 232 g/mol. The van der Waals surface area contributed by atoms with Crippen molar-refractivity contribution in [2.24, 2.45) is 0 Å². The molecular weight excluding hydrogens is 208 g/mol. The Kier molecular flexibility index (Phi) is 10.5. The maximum Gasteiger partial charge on any atom is 0.363 e. The third kappa shape index (κ3) is 7.65. The minimum Gasteiger partial charge on any atom is -0.462 e. The molecule has 0 aromatic carbocycles. The van der Waals surface area contributed by atoms with Crippen molar-refractivity contribution >= 4 is 5.97 Å². The zero-order chi connectivity index (χ0) is 12.2. The first kappa shape index (κ1) is 15.4. The summed E-state index contributed by atoms with van der Waals surface area (Å²) in [5.74, 6) is -0.407. The van der Waals surface area contributed by atoms with Gasteiger partial charge >= 0.3 is 5.97 Å². The van der Waals surface area contributed by atoms with Gasteiger partial charge in [0, 0.05) is 0 Å². The molecule has 0 bridgehead atoms. The summed E-state index contributed by atoms with van der Waals surface area (Å²) in [6, 6.07) is 0. The number of unbranched alkanes of at least 4 members (excludes halogenated alkanes) is 1. The normalized spacial score (nSPS) is 10.8. The first-order valence-corrected chi connectivity index (χ1v) is 6.16. The van der Waals surface area contributed by atoms with Crippen LogP contribution in [-0.2, 0) is 19.0 Å². The smallest absolute Gasteiger partial charge is 0.363 e. The summed E-state index contributed by atoms with van der Waals surface area (Å²) < 4.78 is 15.6. The molecule has 96 valence electrons. The van der Waals surface area contributed by atoms with Gasteiger partial charge in [-0.15, -0.1) is 0 Å². The van der Waals surface area contributed by atoms with Crippen LogP contribution < -0.4 is 0 Å². The van der Waals surface area contributed by atoms with E-state index in [9.17, 15) is 4.79 Å². The summed E-state index contributed by atoms with van der Waals surface area (Å²) in [5, 5.41) is 0. The molecule has 0 unspecified atom stereocenters. The summed E-state index contributed by atoms with van der Waals surface area (Å²) in [5.41, 5.74) is 0. The molecule has 0 saturated carbocycles. The molecule has 0 aliphatic carbocycles. The van der Waals surface area contributed by atoms with E-state index in [1.165, 1.54) is 0 Å². The second kappa shape index (κ2) is 10.9.